The lowest BCUT2D eigenvalue weighted by molar-refractivity contribution is 0.383. The molecular weight excluding hydrogens is 160 g/mol. The average molecular weight is 178 g/mol. The second-order valence-electron chi connectivity index (χ2n) is 3.95. The summed E-state index contributed by atoms with van der Waals surface area (Å²) >= 11 is 0. The molecule has 0 amide bonds. The highest BCUT2D eigenvalue weighted by Gasteiger charge is 2.11. The Morgan fingerprint density at radius 1 is 1.23 bits per heavy atom. The van der Waals surface area contributed by atoms with Crippen molar-refractivity contribution >= 4 is 0 Å². The largest absolute Gasteiger partial charge is 0.304 e. The van der Waals surface area contributed by atoms with Gasteiger partial charge in [-0.05, 0) is 45.3 Å². The Morgan fingerprint density at radius 2 is 2.08 bits per heavy atom. The molecule has 0 spiro atoms. The molecule has 0 radical (unpaired) electrons. The van der Waals surface area contributed by atoms with Gasteiger partial charge in [0.2, 0.25) is 0 Å². The molecule has 0 aromatic rings. The zero-order valence-electron chi connectivity index (χ0n) is 8.18. The van der Waals surface area contributed by atoms with E-state index in [0.29, 0.717) is 6.04 Å². The van der Waals surface area contributed by atoms with Crippen molar-refractivity contribution in [2.24, 2.45) is 0 Å². The van der Waals surface area contributed by atoms with Gasteiger partial charge in [0.05, 0.1) is 12.6 Å². The monoisotopic (exact) mass is 178 g/mol. The minimum atomic E-state index is 0.489. The van der Waals surface area contributed by atoms with E-state index < -0.39 is 0 Å². The Balaban J connectivity index is 1.69. The van der Waals surface area contributed by atoms with Gasteiger partial charge in [-0.15, -0.1) is 0 Å². The van der Waals surface area contributed by atoms with Crippen molar-refractivity contribution in [3.63, 3.8) is 0 Å². The summed E-state index contributed by atoms with van der Waals surface area (Å²) in [5.74, 6) is 6.59. The van der Waals surface area contributed by atoms with E-state index in [1.807, 2.05) is 0 Å². The van der Waals surface area contributed by atoms with Crippen LogP contribution in [-0.4, -0.2) is 37.1 Å². The van der Waals surface area contributed by atoms with Gasteiger partial charge in [0, 0.05) is 0 Å². The lowest BCUT2D eigenvalue weighted by Gasteiger charge is -2.08. The van der Waals surface area contributed by atoms with E-state index in [4.69, 9.17) is 0 Å². The Bertz CT molecular complexity index is 202. The first-order valence-electron chi connectivity index (χ1n) is 5.39. The van der Waals surface area contributed by atoms with E-state index in [1.54, 1.807) is 0 Å². The standard InChI is InChI=1S/C11H18N2/c1-2-9-13(8-1)10-4-6-11-5-3-7-12-11/h11-12H,1-3,5,7-10H2/t11-/m1/s1. The summed E-state index contributed by atoms with van der Waals surface area (Å²) in [6, 6.07) is 0.489. The quantitative estimate of drug-likeness (QED) is 0.599. The Hall–Kier alpha value is -0.520. The van der Waals surface area contributed by atoms with Crippen LogP contribution in [0.15, 0.2) is 0 Å². The van der Waals surface area contributed by atoms with Gasteiger partial charge in [-0.25, -0.2) is 0 Å². The van der Waals surface area contributed by atoms with Gasteiger partial charge in [0.1, 0.15) is 0 Å². The van der Waals surface area contributed by atoms with Crippen molar-refractivity contribution in [3.05, 3.63) is 0 Å². The second-order valence-corrected chi connectivity index (χ2v) is 3.95. The number of hydrogen-bond donors (Lipinski definition) is 1. The number of nitrogens with zero attached hydrogens (tertiary/aromatic N) is 1. The van der Waals surface area contributed by atoms with E-state index in [-0.39, 0.29) is 0 Å². The maximum atomic E-state index is 3.39. The van der Waals surface area contributed by atoms with Crippen molar-refractivity contribution in [2.75, 3.05) is 26.2 Å². The van der Waals surface area contributed by atoms with E-state index in [1.165, 1.54) is 38.8 Å². The molecule has 13 heavy (non-hydrogen) atoms. The number of likely N-dealkylation sites (tertiary alicyclic amines) is 1. The van der Waals surface area contributed by atoms with Crippen molar-refractivity contribution in [2.45, 2.75) is 31.7 Å². The van der Waals surface area contributed by atoms with E-state index >= 15 is 0 Å². The lowest BCUT2D eigenvalue weighted by Crippen LogP contribution is -2.21. The van der Waals surface area contributed by atoms with E-state index in [0.717, 1.165) is 13.1 Å². The van der Waals surface area contributed by atoms with Gasteiger partial charge >= 0.3 is 0 Å². The molecule has 2 aliphatic heterocycles. The third-order valence-corrected chi connectivity index (χ3v) is 2.84. The number of nitrogens with one attached hydrogen (secondary N) is 1. The minimum Gasteiger partial charge on any atom is -0.304 e. The molecule has 2 fully saturated rings. The van der Waals surface area contributed by atoms with Crippen LogP contribution in [0, 0.1) is 11.8 Å². The summed E-state index contributed by atoms with van der Waals surface area (Å²) < 4.78 is 0. The molecule has 0 unspecified atom stereocenters. The van der Waals surface area contributed by atoms with Gasteiger partial charge in [-0.1, -0.05) is 11.8 Å². The van der Waals surface area contributed by atoms with Crippen LogP contribution in [0.25, 0.3) is 0 Å². The van der Waals surface area contributed by atoms with Crippen molar-refractivity contribution < 1.29 is 0 Å². The highest BCUT2D eigenvalue weighted by Crippen LogP contribution is 2.06. The van der Waals surface area contributed by atoms with Crippen LogP contribution in [0.2, 0.25) is 0 Å². The molecule has 1 N–H and O–H groups in total. The maximum absolute atomic E-state index is 3.39. The molecular formula is C11H18N2. The van der Waals surface area contributed by atoms with Gasteiger partial charge in [0.15, 0.2) is 0 Å². The highest BCUT2D eigenvalue weighted by atomic mass is 15.1. The van der Waals surface area contributed by atoms with E-state index in [2.05, 4.69) is 22.1 Å². The molecule has 2 rings (SSSR count). The second kappa shape index (κ2) is 4.64. The third-order valence-electron chi connectivity index (χ3n) is 2.84. The molecule has 0 aliphatic carbocycles. The molecule has 2 nitrogen and oxygen atoms in total. The third kappa shape index (κ3) is 2.72. The zero-order valence-corrected chi connectivity index (χ0v) is 8.18. The normalized spacial score (nSPS) is 28.8. The predicted octanol–water partition coefficient (Wildman–Crippen LogP) is 0.838. The van der Waals surface area contributed by atoms with E-state index in [9.17, 15) is 0 Å². The summed E-state index contributed by atoms with van der Waals surface area (Å²) in [6.45, 7) is 4.65. The first-order valence-corrected chi connectivity index (χ1v) is 5.39. The first kappa shape index (κ1) is 9.05. The minimum absolute atomic E-state index is 0.489. The van der Waals surface area contributed by atoms with Crippen LogP contribution in [0.5, 0.6) is 0 Å². The Kier molecular flexibility index (Phi) is 3.23. The van der Waals surface area contributed by atoms with Crippen LogP contribution in [0.1, 0.15) is 25.7 Å². The fourth-order valence-corrected chi connectivity index (χ4v) is 2.03. The Labute approximate surface area is 80.7 Å². The molecule has 0 bridgehead atoms. The van der Waals surface area contributed by atoms with Crippen molar-refractivity contribution in [3.8, 4) is 11.8 Å². The van der Waals surface area contributed by atoms with Gasteiger partial charge < -0.3 is 5.32 Å². The van der Waals surface area contributed by atoms with Gasteiger partial charge in [0.25, 0.3) is 0 Å². The fraction of sp³-hybridized carbons (Fsp3) is 0.818. The molecule has 2 aliphatic rings. The summed E-state index contributed by atoms with van der Waals surface area (Å²) in [5, 5.41) is 3.39. The molecule has 0 aromatic heterocycles. The topological polar surface area (TPSA) is 15.3 Å². The van der Waals surface area contributed by atoms with Crippen LogP contribution in [0.3, 0.4) is 0 Å². The number of rotatable bonds is 1. The van der Waals surface area contributed by atoms with Gasteiger partial charge in [-0.3, -0.25) is 4.90 Å². The summed E-state index contributed by atoms with van der Waals surface area (Å²) in [7, 11) is 0. The van der Waals surface area contributed by atoms with Crippen LogP contribution < -0.4 is 5.32 Å². The first-order chi connectivity index (χ1) is 6.45. The van der Waals surface area contributed by atoms with Crippen molar-refractivity contribution in [1.29, 1.82) is 0 Å². The summed E-state index contributed by atoms with van der Waals surface area (Å²) in [4.78, 5) is 2.45. The molecule has 0 saturated carbocycles. The summed E-state index contributed by atoms with van der Waals surface area (Å²) in [6.07, 6.45) is 5.27. The Morgan fingerprint density at radius 3 is 2.77 bits per heavy atom. The van der Waals surface area contributed by atoms with Gasteiger partial charge in [-0.2, -0.15) is 0 Å². The summed E-state index contributed by atoms with van der Waals surface area (Å²) in [5.41, 5.74) is 0. The molecule has 2 heteroatoms. The van der Waals surface area contributed by atoms with Crippen LogP contribution >= 0.6 is 0 Å². The molecule has 2 heterocycles. The lowest BCUT2D eigenvalue weighted by atomic mass is 10.2. The highest BCUT2D eigenvalue weighted by molar-refractivity contribution is 5.10. The smallest absolute Gasteiger partial charge is 0.0690 e. The predicted molar refractivity (Wildman–Crippen MR) is 54.5 cm³/mol. The van der Waals surface area contributed by atoms with Crippen LogP contribution in [0.4, 0.5) is 0 Å². The molecule has 2 saturated heterocycles. The average Bonchev–Trinajstić information content (AvgIpc) is 2.75. The number of hydrogen-bond acceptors (Lipinski definition) is 2. The molecule has 72 valence electrons. The fourth-order valence-electron chi connectivity index (χ4n) is 2.03. The molecule has 0 aromatic carbocycles. The SMILES string of the molecule is C(#C[C@H]1CCCN1)CN1CCCC1. The maximum Gasteiger partial charge on any atom is 0.0690 e. The van der Waals surface area contributed by atoms with Crippen molar-refractivity contribution in [1.82, 2.24) is 10.2 Å². The van der Waals surface area contributed by atoms with Crippen LogP contribution in [-0.2, 0) is 0 Å². The molecule has 1 atom stereocenters. The zero-order chi connectivity index (χ0) is 8.93.